The first-order valence-corrected chi connectivity index (χ1v) is 9.43. The molecule has 0 radical (unpaired) electrons. The third kappa shape index (κ3) is 3.61. The number of carbonyl (C=O) groups excluding carboxylic acids is 1. The van der Waals surface area contributed by atoms with E-state index in [-0.39, 0.29) is 24.8 Å². The molecule has 1 aromatic heterocycles. The highest BCUT2D eigenvalue weighted by molar-refractivity contribution is 5.92. The first-order chi connectivity index (χ1) is 13.4. The molecule has 2 heterocycles. The van der Waals surface area contributed by atoms with Gasteiger partial charge in [0.2, 0.25) is 5.91 Å². The van der Waals surface area contributed by atoms with E-state index in [1.54, 1.807) is 18.5 Å². The van der Waals surface area contributed by atoms with Crippen LogP contribution in [0, 0.1) is 23.2 Å². The fourth-order valence-electron chi connectivity index (χ4n) is 4.04. The number of aromatic nitrogens is 2. The van der Waals surface area contributed by atoms with Gasteiger partial charge in [0.1, 0.15) is 17.1 Å². The third-order valence-electron chi connectivity index (χ3n) is 5.48. The zero-order valence-corrected chi connectivity index (χ0v) is 15.5. The van der Waals surface area contributed by atoms with Crippen molar-refractivity contribution in [1.29, 1.82) is 5.26 Å². The molecule has 1 aliphatic heterocycles. The third-order valence-corrected chi connectivity index (χ3v) is 5.48. The Morgan fingerprint density at radius 2 is 2.04 bits per heavy atom. The predicted octanol–water partition coefficient (Wildman–Crippen LogP) is 2.88. The molecule has 1 aliphatic carbocycles. The van der Waals surface area contributed by atoms with E-state index < -0.39 is 11.8 Å². The summed E-state index contributed by atoms with van der Waals surface area (Å²) in [5.41, 5.74) is 2.53. The standard InChI is InChI=1S/C20H21F2N5O/c1-12-6-15(26-17(28)7-14-8-20(14,21)22)11-27(10-12)16-3-2-13(9-23)18-19(16)25-5-4-24-18/h2-5,12,14-15H,6-8,10-11H2,1H3,(H,26,28)/t12-,14?,15+/m0/s1. The van der Waals surface area contributed by atoms with Crippen molar-refractivity contribution in [2.24, 2.45) is 11.8 Å². The monoisotopic (exact) mass is 385 g/mol. The lowest BCUT2D eigenvalue weighted by molar-refractivity contribution is -0.122. The second kappa shape index (κ2) is 6.97. The molecule has 28 heavy (non-hydrogen) atoms. The number of benzene rings is 1. The van der Waals surface area contributed by atoms with Crippen molar-refractivity contribution in [3.8, 4) is 6.07 Å². The number of hydrogen-bond donors (Lipinski definition) is 1. The smallest absolute Gasteiger partial charge is 0.252 e. The number of fused-ring (bicyclic) bond motifs is 1. The SMILES string of the molecule is C[C@H]1C[C@@H](NC(=O)CC2CC2(F)F)CN(c2ccc(C#N)c3nccnc23)C1. The maximum Gasteiger partial charge on any atom is 0.252 e. The number of carbonyl (C=O) groups is 1. The van der Waals surface area contributed by atoms with Crippen LogP contribution in [0.2, 0.25) is 0 Å². The van der Waals surface area contributed by atoms with Crippen LogP contribution < -0.4 is 10.2 Å². The summed E-state index contributed by atoms with van der Waals surface area (Å²) in [5, 5.41) is 12.2. The molecule has 1 aromatic carbocycles. The van der Waals surface area contributed by atoms with Gasteiger partial charge in [0, 0.05) is 50.3 Å². The lowest BCUT2D eigenvalue weighted by Crippen LogP contribution is -2.50. The molecular weight excluding hydrogens is 364 g/mol. The van der Waals surface area contributed by atoms with Crippen LogP contribution in [0.1, 0.15) is 31.7 Å². The number of halogens is 2. The van der Waals surface area contributed by atoms with Crippen LogP contribution in [0.5, 0.6) is 0 Å². The predicted molar refractivity (Wildman–Crippen MR) is 99.8 cm³/mol. The van der Waals surface area contributed by atoms with E-state index in [0.29, 0.717) is 29.1 Å². The summed E-state index contributed by atoms with van der Waals surface area (Å²) >= 11 is 0. The molecule has 1 N–H and O–H groups in total. The first-order valence-electron chi connectivity index (χ1n) is 9.43. The van der Waals surface area contributed by atoms with Crippen LogP contribution >= 0.6 is 0 Å². The molecule has 146 valence electrons. The van der Waals surface area contributed by atoms with Crippen molar-refractivity contribution in [3.05, 3.63) is 30.1 Å². The molecule has 1 unspecified atom stereocenters. The van der Waals surface area contributed by atoms with Gasteiger partial charge in [-0.2, -0.15) is 5.26 Å². The number of anilines is 1. The summed E-state index contributed by atoms with van der Waals surface area (Å²) in [6.45, 7) is 3.44. The minimum Gasteiger partial charge on any atom is -0.367 e. The molecule has 0 spiro atoms. The molecular formula is C20H21F2N5O. The van der Waals surface area contributed by atoms with Gasteiger partial charge in [0.05, 0.1) is 11.3 Å². The van der Waals surface area contributed by atoms with Crippen molar-refractivity contribution in [1.82, 2.24) is 15.3 Å². The van der Waals surface area contributed by atoms with E-state index in [0.717, 1.165) is 18.7 Å². The maximum absolute atomic E-state index is 13.1. The van der Waals surface area contributed by atoms with E-state index in [1.165, 1.54) is 0 Å². The fraction of sp³-hybridized carbons (Fsp3) is 0.500. The zero-order chi connectivity index (χ0) is 19.9. The molecule has 1 saturated heterocycles. The van der Waals surface area contributed by atoms with Gasteiger partial charge in [-0.25, -0.2) is 8.78 Å². The minimum atomic E-state index is -2.68. The summed E-state index contributed by atoms with van der Waals surface area (Å²) in [4.78, 5) is 23.0. The Morgan fingerprint density at radius 3 is 2.71 bits per heavy atom. The highest BCUT2D eigenvalue weighted by Gasteiger charge is 2.57. The second-order valence-corrected chi connectivity index (χ2v) is 7.87. The number of piperidine rings is 1. The Bertz CT molecular complexity index is 957. The second-order valence-electron chi connectivity index (χ2n) is 7.87. The largest absolute Gasteiger partial charge is 0.367 e. The quantitative estimate of drug-likeness (QED) is 0.875. The van der Waals surface area contributed by atoms with E-state index in [4.69, 9.17) is 0 Å². The Hall–Kier alpha value is -2.82. The summed E-state index contributed by atoms with van der Waals surface area (Å²) in [6.07, 6.45) is 3.63. The molecule has 1 saturated carbocycles. The van der Waals surface area contributed by atoms with Crippen LogP contribution in [0.15, 0.2) is 24.5 Å². The number of amides is 1. The lowest BCUT2D eigenvalue weighted by atomic mass is 9.94. The Labute approximate surface area is 161 Å². The summed E-state index contributed by atoms with van der Waals surface area (Å²) < 4.78 is 26.1. The molecule has 8 heteroatoms. The Morgan fingerprint density at radius 1 is 1.32 bits per heavy atom. The normalized spacial score (nSPS) is 25.9. The van der Waals surface area contributed by atoms with Gasteiger partial charge in [-0.3, -0.25) is 14.8 Å². The minimum absolute atomic E-state index is 0.119. The molecule has 1 amide bonds. The molecule has 2 aliphatic rings. The van der Waals surface area contributed by atoms with Crippen molar-refractivity contribution in [2.75, 3.05) is 18.0 Å². The van der Waals surface area contributed by atoms with Gasteiger partial charge in [-0.1, -0.05) is 6.92 Å². The number of nitrogens with zero attached hydrogens (tertiary/aromatic N) is 4. The van der Waals surface area contributed by atoms with Crippen LogP contribution in [0.3, 0.4) is 0 Å². The van der Waals surface area contributed by atoms with Gasteiger partial charge < -0.3 is 10.2 Å². The molecule has 6 nitrogen and oxygen atoms in total. The molecule has 2 fully saturated rings. The van der Waals surface area contributed by atoms with Crippen LogP contribution in [0.25, 0.3) is 11.0 Å². The number of hydrogen-bond acceptors (Lipinski definition) is 5. The Balaban J connectivity index is 1.52. The fourth-order valence-corrected chi connectivity index (χ4v) is 4.04. The van der Waals surface area contributed by atoms with Gasteiger partial charge >= 0.3 is 0 Å². The van der Waals surface area contributed by atoms with Crippen LogP contribution in [-0.2, 0) is 4.79 Å². The highest BCUT2D eigenvalue weighted by Crippen LogP contribution is 2.50. The maximum atomic E-state index is 13.1. The average molecular weight is 385 g/mol. The topological polar surface area (TPSA) is 81.9 Å². The number of alkyl halides is 2. The van der Waals surface area contributed by atoms with E-state index >= 15 is 0 Å². The Kier molecular flexibility index (Phi) is 4.61. The first kappa shape index (κ1) is 18.5. The molecule has 0 bridgehead atoms. The molecule has 4 rings (SSSR count). The van der Waals surface area contributed by atoms with Crippen molar-refractivity contribution >= 4 is 22.6 Å². The molecule has 3 atom stereocenters. The van der Waals surface area contributed by atoms with Gasteiger partial charge in [-0.05, 0) is 24.5 Å². The van der Waals surface area contributed by atoms with Crippen molar-refractivity contribution in [3.63, 3.8) is 0 Å². The van der Waals surface area contributed by atoms with Gasteiger partial charge in [-0.15, -0.1) is 0 Å². The number of nitriles is 1. The average Bonchev–Trinajstić information content (AvgIpc) is 3.25. The van der Waals surface area contributed by atoms with Crippen molar-refractivity contribution < 1.29 is 13.6 Å². The van der Waals surface area contributed by atoms with Gasteiger partial charge in [0.15, 0.2) is 0 Å². The zero-order valence-electron chi connectivity index (χ0n) is 15.5. The van der Waals surface area contributed by atoms with E-state index in [2.05, 4.69) is 33.2 Å². The van der Waals surface area contributed by atoms with Gasteiger partial charge in [0.25, 0.3) is 5.92 Å². The lowest BCUT2D eigenvalue weighted by Gasteiger charge is -2.38. The van der Waals surface area contributed by atoms with Crippen LogP contribution in [0.4, 0.5) is 14.5 Å². The van der Waals surface area contributed by atoms with Crippen molar-refractivity contribution in [2.45, 2.75) is 38.2 Å². The summed E-state index contributed by atoms with van der Waals surface area (Å²) in [5.74, 6) is -3.50. The number of nitrogens with one attached hydrogen (secondary N) is 1. The number of rotatable bonds is 4. The van der Waals surface area contributed by atoms with E-state index in [9.17, 15) is 18.8 Å². The summed E-state index contributed by atoms with van der Waals surface area (Å²) in [7, 11) is 0. The summed E-state index contributed by atoms with van der Waals surface area (Å²) in [6, 6.07) is 5.60. The van der Waals surface area contributed by atoms with Crippen LogP contribution in [-0.4, -0.2) is 40.9 Å². The highest BCUT2D eigenvalue weighted by atomic mass is 19.3. The molecule has 2 aromatic rings. The van der Waals surface area contributed by atoms with E-state index in [1.807, 2.05) is 6.07 Å².